The van der Waals surface area contributed by atoms with Crippen molar-refractivity contribution in [2.24, 2.45) is 0 Å². The Kier molecular flexibility index (Phi) is 3.65. The summed E-state index contributed by atoms with van der Waals surface area (Å²) in [5.41, 5.74) is 7.26. The van der Waals surface area contributed by atoms with Crippen LogP contribution < -0.4 is 5.73 Å². The summed E-state index contributed by atoms with van der Waals surface area (Å²) in [6.45, 7) is 1.50. The molecule has 0 fully saturated rings. The van der Waals surface area contributed by atoms with Gasteiger partial charge >= 0.3 is 0 Å². The van der Waals surface area contributed by atoms with Crippen molar-refractivity contribution < 1.29 is 12.8 Å². The van der Waals surface area contributed by atoms with Gasteiger partial charge in [0.15, 0.2) is 0 Å². The number of hydrogen-bond acceptors (Lipinski definition) is 4. The van der Waals surface area contributed by atoms with Crippen molar-refractivity contribution >= 4 is 15.8 Å². The van der Waals surface area contributed by atoms with Gasteiger partial charge in [-0.2, -0.15) is 13.5 Å². The maximum absolute atomic E-state index is 13.4. The molecule has 0 radical (unpaired) electrons. The average Bonchev–Trinajstić information content (AvgIpc) is 2.93. The van der Waals surface area contributed by atoms with Crippen molar-refractivity contribution in [1.82, 2.24) is 9.19 Å². The molecule has 0 aliphatic heterocycles. The summed E-state index contributed by atoms with van der Waals surface area (Å²) in [7, 11) is -3.98. The first-order valence-corrected chi connectivity index (χ1v) is 8.26. The van der Waals surface area contributed by atoms with Crippen LogP contribution >= 0.6 is 0 Å². The van der Waals surface area contributed by atoms with Crippen LogP contribution in [-0.2, 0) is 10.0 Å². The van der Waals surface area contributed by atoms with Gasteiger partial charge in [-0.25, -0.2) is 4.39 Å². The minimum absolute atomic E-state index is 0.00849. The van der Waals surface area contributed by atoms with Crippen LogP contribution in [0.3, 0.4) is 0 Å². The Morgan fingerprint density at radius 2 is 1.78 bits per heavy atom. The number of rotatable bonds is 3. The molecule has 0 spiro atoms. The van der Waals surface area contributed by atoms with Crippen LogP contribution in [0.15, 0.2) is 59.5 Å². The minimum atomic E-state index is -3.98. The van der Waals surface area contributed by atoms with Gasteiger partial charge in [0, 0.05) is 11.6 Å². The summed E-state index contributed by atoms with van der Waals surface area (Å²) in [6.07, 6.45) is 0. The molecule has 5 nitrogen and oxygen atoms in total. The molecule has 0 saturated heterocycles. The SMILES string of the molecule is Cc1cc(S(=O)(=O)n2nc(-c3ccccc3)cc2N)ccc1F. The molecule has 1 heterocycles. The smallest absolute Gasteiger partial charge is 0.284 e. The van der Waals surface area contributed by atoms with Gasteiger partial charge < -0.3 is 5.73 Å². The molecule has 0 atom stereocenters. The van der Waals surface area contributed by atoms with Crippen LogP contribution in [0.4, 0.5) is 10.2 Å². The highest BCUT2D eigenvalue weighted by atomic mass is 32.2. The molecule has 118 valence electrons. The van der Waals surface area contributed by atoms with E-state index < -0.39 is 15.8 Å². The topological polar surface area (TPSA) is 78.0 Å². The molecule has 1 aromatic heterocycles. The molecule has 0 aliphatic carbocycles. The summed E-state index contributed by atoms with van der Waals surface area (Å²) in [6, 6.07) is 14.2. The monoisotopic (exact) mass is 331 g/mol. The van der Waals surface area contributed by atoms with E-state index in [9.17, 15) is 12.8 Å². The van der Waals surface area contributed by atoms with Crippen molar-refractivity contribution in [3.63, 3.8) is 0 Å². The van der Waals surface area contributed by atoms with Gasteiger partial charge in [-0.05, 0) is 30.7 Å². The van der Waals surface area contributed by atoms with E-state index in [1.165, 1.54) is 25.1 Å². The standard InChI is InChI=1S/C16H14FN3O2S/c1-11-9-13(7-8-14(11)17)23(21,22)20-16(18)10-15(19-20)12-5-3-2-4-6-12/h2-10H,18H2,1H3. The van der Waals surface area contributed by atoms with Gasteiger partial charge in [0.2, 0.25) is 0 Å². The quantitative estimate of drug-likeness (QED) is 0.800. The van der Waals surface area contributed by atoms with E-state index in [0.29, 0.717) is 5.69 Å². The van der Waals surface area contributed by atoms with Crippen LogP contribution in [0.25, 0.3) is 11.3 Å². The van der Waals surface area contributed by atoms with Crippen LogP contribution in [0.2, 0.25) is 0 Å². The first kappa shape index (κ1) is 15.2. The van der Waals surface area contributed by atoms with E-state index in [-0.39, 0.29) is 16.3 Å². The second kappa shape index (κ2) is 5.51. The molecule has 0 amide bonds. The van der Waals surface area contributed by atoms with E-state index in [0.717, 1.165) is 15.7 Å². The van der Waals surface area contributed by atoms with E-state index in [1.807, 2.05) is 18.2 Å². The number of nitrogens with zero attached hydrogens (tertiary/aromatic N) is 2. The number of aryl methyl sites for hydroxylation is 1. The maximum atomic E-state index is 13.4. The van der Waals surface area contributed by atoms with E-state index in [1.54, 1.807) is 12.1 Å². The van der Waals surface area contributed by atoms with Crippen molar-refractivity contribution in [3.8, 4) is 11.3 Å². The molecule has 0 saturated carbocycles. The lowest BCUT2D eigenvalue weighted by Gasteiger charge is -2.07. The zero-order chi connectivity index (χ0) is 16.6. The summed E-state index contributed by atoms with van der Waals surface area (Å²) in [4.78, 5) is -0.0641. The Bertz CT molecular complexity index is 966. The van der Waals surface area contributed by atoms with Gasteiger partial charge in [0.05, 0.1) is 10.6 Å². The molecule has 7 heteroatoms. The molecule has 0 bridgehead atoms. The van der Waals surface area contributed by atoms with Gasteiger partial charge in [0.25, 0.3) is 10.0 Å². The fraction of sp³-hybridized carbons (Fsp3) is 0.0625. The Morgan fingerprint density at radius 1 is 1.09 bits per heavy atom. The molecule has 2 aromatic carbocycles. The number of benzene rings is 2. The molecule has 3 aromatic rings. The first-order chi connectivity index (χ1) is 10.9. The molecular weight excluding hydrogens is 317 g/mol. The number of anilines is 1. The zero-order valence-corrected chi connectivity index (χ0v) is 13.1. The molecule has 23 heavy (non-hydrogen) atoms. The minimum Gasteiger partial charge on any atom is -0.383 e. The van der Waals surface area contributed by atoms with Gasteiger partial charge in [-0.15, -0.1) is 4.09 Å². The summed E-state index contributed by atoms with van der Waals surface area (Å²) in [5.74, 6) is -0.479. The maximum Gasteiger partial charge on any atom is 0.284 e. The second-order valence-electron chi connectivity index (χ2n) is 5.08. The molecule has 0 unspecified atom stereocenters. The fourth-order valence-corrected chi connectivity index (χ4v) is 3.49. The third kappa shape index (κ3) is 2.70. The first-order valence-electron chi connectivity index (χ1n) is 6.82. The van der Waals surface area contributed by atoms with E-state index in [4.69, 9.17) is 5.73 Å². The van der Waals surface area contributed by atoms with Crippen LogP contribution in [0.1, 0.15) is 5.56 Å². The van der Waals surface area contributed by atoms with Crippen molar-refractivity contribution in [1.29, 1.82) is 0 Å². The Labute approximate surface area is 133 Å². The highest BCUT2D eigenvalue weighted by Gasteiger charge is 2.22. The van der Waals surface area contributed by atoms with Gasteiger partial charge in [0.1, 0.15) is 11.6 Å². The third-order valence-electron chi connectivity index (χ3n) is 3.43. The normalized spacial score (nSPS) is 11.6. The number of nitrogen functional groups attached to an aromatic ring is 1. The van der Waals surface area contributed by atoms with Crippen molar-refractivity contribution in [2.45, 2.75) is 11.8 Å². The third-order valence-corrected chi connectivity index (χ3v) is 5.03. The zero-order valence-electron chi connectivity index (χ0n) is 12.3. The lowest BCUT2D eigenvalue weighted by molar-refractivity contribution is 0.579. The molecule has 0 aliphatic rings. The van der Waals surface area contributed by atoms with Crippen molar-refractivity contribution in [2.75, 3.05) is 5.73 Å². The summed E-state index contributed by atoms with van der Waals surface area (Å²) in [5, 5.41) is 4.09. The van der Waals surface area contributed by atoms with Crippen LogP contribution in [-0.4, -0.2) is 17.6 Å². The molecule has 2 N–H and O–H groups in total. The lowest BCUT2D eigenvalue weighted by atomic mass is 10.2. The largest absolute Gasteiger partial charge is 0.383 e. The number of aromatic nitrogens is 2. The predicted molar refractivity (Wildman–Crippen MR) is 85.8 cm³/mol. The highest BCUT2D eigenvalue weighted by molar-refractivity contribution is 7.90. The average molecular weight is 331 g/mol. The number of halogens is 1. The van der Waals surface area contributed by atoms with Gasteiger partial charge in [-0.1, -0.05) is 30.3 Å². The molecular formula is C16H14FN3O2S. The van der Waals surface area contributed by atoms with Crippen molar-refractivity contribution in [3.05, 3.63) is 66.0 Å². The van der Waals surface area contributed by atoms with Crippen LogP contribution in [0, 0.1) is 12.7 Å². The Balaban J connectivity index is 2.10. The van der Waals surface area contributed by atoms with Crippen LogP contribution in [0.5, 0.6) is 0 Å². The summed E-state index contributed by atoms with van der Waals surface area (Å²) < 4.78 is 39.4. The fourth-order valence-electron chi connectivity index (χ4n) is 2.20. The highest BCUT2D eigenvalue weighted by Crippen LogP contribution is 2.24. The summed E-state index contributed by atoms with van der Waals surface area (Å²) >= 11 is 0. The predicted octanol–water partition coefficient (Wildman–Crippen LogP) is 2.82. The number of nitrogens with two attached hydrogens (primary N) is 1. The molecule has 3 rings (SSSR count). The van der Waals surface area contributed by atoms with Gasteiger partial charge in [-0.3, -0.25) is 0 Å². The Hall–Kier alpha value is -2.67. The Morgan fingerprint density at radius 3 is 2.43 bits per heavy atom. The second-order valence-corrected chi connectivity index (χ2v) is 6.85. The lowest BCUT2D eigenvalue weighted by Crippen LogP contribution is -2.17. The van der Waals surface area contributed by atoms with E-state index >= 15 is 0 Å². The van der Waals surface area contributed by atoms with E-state index in [2.05, 4.69) is 5.10 Å². The number of hydrogen-bond donors (Lipinski definition) is 1.